The van der Waals surface area contributed by atoms with Crippen LogP contribution in [0.2, 0.25) is 5.02 Å². The molecule has 6 heteroatoms. The molecule has 4 rings (SSSR count). The molecule has 0 radical (unpaired) electrons. The predicted molar refractivity (Wildman–Crippen MR) is 97.6 cm³/mol. The van der Waals surface area contributed by atoms with Gasteiger partial charge in [-0.3, -0.25) is 9.38 Å². The summed E-state index contributed by atoms with van der Waals surface area (Å²) in [6.07, 6.45) is 5.32. The number of hydrogen-bond acceptors (Lipinski definition) is 4. The first kappa shape index (κ1) is 14.5. The fraction of sp³-hybridized carbons (Fsp3) is 0. The van der Waals surface area contributed by atoms with Crippen molar-refractivity contribution in [1.29, 1.82) is 0 Å². The molecule has 0 saturated carbocycles. The monoisotopic (exact) mass is 335 g/mol. The van der Waals surface area contributed by atoms with E-state index in [1.807, 2.05) is 59.1 Å². The van der Waals surface area contributed by atoms with Gasteiger partial charge in [-0.2, -0.15) is 0 Å². The summed E-state index contributed by atoms with van der Waals surface area (Å²) >= 11 is 6.09. The molecule has 0 aliphatic rings. The molecule has 24 heavy (non-hydrogen) atoms. The minimum absolute atomic E-state index is 0.671. The first-order valence-corrected chi connectivity index (χ1v) is 7.79. The van der Waals surface area contributed by atoms with Crippen LogP contribution in [0.4, 0.5) is 17.2 Å². The molecule has 0 aliphatic carbocycles. The molecule has 118 valence electrons. The Kier molecular flexibility index (Phi) is 3.55. The lowest BCUT2D eigenvalue weighted by Gasteiger charge is -2.09. The standard InChI is InChI=1S/C18H14ClN5/c19-13-2-1-3-15(10-13)22-18-17(12-4-6-14(20)7-5-12)23-16-11-21-8-9-24(16)18/h1-11,22H,20H2. The van der Waals surface area contributed by atoms with E-state index in [9.17, 15) is 0 Å². The van der Waals surface area contributed by atoms with Crippen LogP contribution in [0.3, 0.4) is 0 Å². The van der Waals surface area contributed by atoms with E-state index in [0.717, 1.165) is 28.4 Å². The highest BCUT2D eigenvalue weighted by atomic mass is 35.5. The molecule has 0 spiro atoms. The number of nitrogen functional groups attached to an aromatic ring is 1. The van der Waals surface area contributed by atoms with Crippen LogP contribution in [0, 0.1) is 0 Å². The summed E-state index contributed by atoms with van der Waals surface area (Å²) in [6.45, 7) is 0. The average Bonchev–Trinajstić information content (AvgIpc) is 2.94. The van der Waals surface area contributed by atoms with Gasteiger partial charge in [-0.15, -0.1) is 0 Å². The molecule has 0 unspecified atom stereocenters. The molecular weight excluding hydrogens is 322 g/mol. The van der Waals surface area contributed by atoms with Crippen molar-refractivity contribution in [2.75, 3.05) is 11.1 Å². The van der Waals surface area contributed by atoms with Gasteiger partial charge in [-0.25, -0.2) is 4.98 Å². The largest absolute Gasteiger partial charge is 0.399 e. The van der Waals surface area contributed by atoms with Gasteiger partial charge in [0.15, 0.2) is 5.65 Å². The summed E-state index contributed by atoms with van der Waals surface area (Å²) in [5.41, 5.74) is 9.95. The Morgan fingerprint density at radius 3 is 2.71 bits per heavy atom. The second-order valence-electron chi connectivity index (χ2n) is 5.37. The Morgan fingerprint density at radius 1 is 1.08 bits per heavy atom. The van der Waals surface area contributed by atoms with Gasteiger partial charge in [0, 0.05) is 34.4 Å². The fourth-order valence-electron chi connectivity index (χ4n) is 2.57. The summed E-state index contributed by atoms with van der Waals surface area (Å²) < 4.78 is 1.96. The van der Waals surface area contributed by atoms with Gasteiger partial charge in [0.05, 0.1) is 6.20 Å². The van der Waals surface area contributed by atoms with Gasteiger partial charge < -0.3 is 11.1 Å². The zero-order chi connectivity index (χ0) is 16.5. The second kappa shape index (κ2) is 5.86. The third-order valence-electron chi connectivity index (χ3n) is 3.70. The summed E-state index contributed by atoms with van der Waals surface area (Å²) in [4.78, 5) is 8.84. The third-order valence-corrected chi connectivity index (χ3v) is 3.94. The van der Waals surface area contributed by atoms with E-state index in [4.69, 9.17) is 22.3 Å². The van der Waals surface area contributed by atoms with E-state index >= 15 is 0 Å². The molecule has 2 aromatic heterocycles. The lowest BCUT2D eigenvalue weighted by atomic mass is 10.1. The van der Waals surface area contributed by atoms with E-state index < -0.39 is 0 Å². The van der Waals surface area contributed by atoms with Crippen molar-refractivity contribution in [3.63, 3.8) is 0 Å². The van der Waals surface area contributed by atoms with Crippen LogP contribution in [-0.2, 0) is 0 Å². The lowest BCUT2D eigenvalue weighted by Crippen LogP contribution is -1.97. The number of fused-ring (bicyclic) bond motifs is 1. The van der Waals surface area contributed by atoms with Gasteiger partial charge in [-0.1, -0.05) is 29.8 Å². The predicted octanol–water partition coefficient (Wildman–Crippen LogP) is 4.38. The maximum atomic E-state index is 6.09. The Labute approximate surface area is 143 Å². The highest BCUT2D eigenvalue weighted by Gasteiger charge is 2.14. The number of nitrogens with one attached hydrogen (secondary N) is 1. The van der Waals surface area contributed by atoms with Crippen LogP contribution >= 0.6 is 11.6 Å². The Bertz CT molecular complexity index is 1010. The molecular formula is C18H14ClN5. The van der Waals surface area contributed by atoms with Crippen molar-refractivity contribution in [2.24, 2.45) is 0 Å². The number of halogens is 1. The Hall–Kier alpha value is -3.05. The van der Waals surface area contributed by atoms with E-state index in [2.05, 4.69) is 10.3 Å². The van der Waals surface area contributed by atoms with Gasteiger partial charge in [0.25, 0.3) is 0 Å². The molecule has 0 atom stereocenters. The molecule has 5 nitrogen and oxygen atoms in total. The number of benzene rings is 2. The van der Waals surface area contributed by atoms with Crippen LogP contribution < -0.4 is 11.1 Å². The minimum atomic E-state index is 0.671. The maximum Gasteiger partial charge on any atom is 0.157 e. The molecule has 0 saturated heterocycles. The Morgan fingerprint density at radius 2 is 1.92 bits per heavy atom. The molecule has 0 fully saturated rings. The molecule has 0 amide bonds. The number of anilines is 3. The van der Waals surface area contributed by atoms with E-state index in [0.29, 0.717) is 10.7 Å². The SMILES string of the molecule is Nc1ccc(-c2nc3cnccn3c2Nc2cccc(Cl)c2)cc1. The van der Waals surface area contributed by atoms with E-state index in [1.54, 1.807) is 12.4 Å². The third kappa shape index (κ3) is 2.66. The molecule has 2 aromatic carbocycles. The summed E-state index contributed by atoms with van der Waals surface area (Å²) in [5.74, 6) is 0.847. The lowest BCUT2D eigenvalue weighted by molar-refractivity contribution is 1.13. The number of rotatable bonds is 3. The highest BCUT2D eigenvalue weighted by molar-refractivity contribution is 6.30. The zero-order valence-electron chi connectivity index (χ0n) is 12.6. The maximum absolute atomic E-state index is 6.09. The number of nitrogens with two attached hydrogens (primary N) is 1. The van der Waals surface area contributed by atoms with Crippen molar-refractivity contribution >= 4 is 34.4 Å². The fourth-order valence-corrected chi connectivity index (χ4v) is 2.76. The first-order valence-electron chi connectivity index (χ1n) is 7.41. The van der Waals surface area contributed by atoms with Crippen LogP contribution in [0.25, 0.3) is 16.9 Å². The number of imidazole rings is 1. The van der Waals surface area contributed by atoms with Crippen molar-refractivity contribution in [3.05, 3.63) is 72.1 Å². The number of aromatic nitrogens is 3. The van der Waals surface area contributed by atoms with Crippen LogP contribution in [0.15, 0.2) is 67.1 Å². The van der Waals surface area contributed by atoms with Gasteiger partial charge >= 0.3 is 0 Å². The molecule has 3 N–H and O–H groups in total. The molecule has 0 bridgehead atoms. The average molecular weight is 336 g/mol. The van der Waals surface area contributed by atoms with Crippen molar-refractivity contribution in [1.82, 2.24) is 14.4 Å². The molecule has 2 heterocycles. The van der Waals surface area contributed by atoms with E-state index in [-0.39, 0.29) is 0 Å². The molecule has 0 aliphatic heterocycles. The summed E-state index contributed by atoms with van der Waals surface area (Å²) in [7, 11) is 0. The minimum Gasteiger partial charge on any atom is -0.399 e. The number of hydrogen-bond donors (Lipinski definition) is 2. The highest BCUT2D eigenvalue weighted by Crippen LogP contribution is 2.31. The quantitative estimate of drug-likeness (QED) is 0.545. The van der Waals surface area contributed by atoms with E-state index in [1.165, 1.54) is 0 Å². The Balaban J connectivity index is 1.88. The zero-order valence-corrected chi connectivity index (χ0v) is 13.4. The van der Waals surface area contributed by atoms with Gasteiger partial charge in [0.1, 0.15) is 11.5 Å². The van der Waals surface area contributed by atoms with Gasteiger partial charge in [0.2, 0.25) is 0 Å². The van der Waals surface area contributed by atoms with Crippen LogP contribution in [0.1, 0.15) is 0 Å². The number of nitrogens with zero attached hydrogens (tertiary/aromatic N) is 3. The first-order chi connectivity index (χ1) is 11.7. The van der Waals surface area contributed by atoms with Crippen molar-refractivity contribution in [3.8, 4) is 11.3 Å². The van der Waals surface area contributed by atoms with Crippen LogP contribution in [0.5, 0.6) is 0 Å². The molecule has 4 aromatic rings. The normalized spacial score (nSPS) is 10.9. The van der Waals surface area contributed by atoms with Gasteiger partial charge in [-0.05, 0) is 30.3 Å². The summed E-state index contributed by atoms with van der Waals surface area (Å²) in [6, 6.07) is 15.2. The second-order valence-corrected chi connectivity index (χ2v) is 5.81. The topological polar surface area (TPSA) is 68.2 Å². The summed E-state index contributed by atoms with van der Waals surface area (Å²) in [5, 5.41) is 4.08. The van der Waals surface area contributed by atoms with Crippen LogP contribution in [-0.4, -0.2) is 14.4 Å². The van der Waals surface area contributed by atoms with Crippen molar-refractivity contribution in [2.45, 2.75) is 0 Å². The smallest absolute Gasteiger partial charge is 0.157 e. The van der Waals surface area contributed by atoms with Crippen molar-refractivity contribution < 1.29 is 0 Å².